The molecule has 0 unspecified atom stereocenters. The SMILES string of the molecule is O=C1Nc2ccc([N+](=O)[O-])cc2/C1=C(/Nc1ccc(CN2CCCC2)cc1)c1ccc(CCN2CCCCC2)cc1. The van der Waals surface area contributed by atoms with Gasteiger partial charge >= 0.3 is 0 Å². The van der Waals surface area contributed by atoms with Gasteiger partial charge in [-0.25, -0.2) is 0 Å². The number of nitrogens with zero attached hydrogens (tertiary/aromatic N) is 3. The Hall–Kier alpha value is -4.01. The van der Waals surface area contributed by atoms with Crippen LogP contribution in [0.4, 0.5) is 17.1 Å². The molecule has 0 atom stereocenters. The molecule has 0 bridgehead atoms. The molecule has 6 rings (SSSR count). The summed E-state index contributed by atoms with van der Waals surface area (Å²) in [5.41, 5.74) is 6.33. The first-order valence-corrected chi connectivity index (χ1v) is 14.8. The Kier molecular flexibility index (Phi) is 8.11. The maximum Gasteiger partial charge on any atom is 0.270 e. The van der Waals surface area contributed by atoms with Crippen molar-refractivity contribution in [3.63, 3.8) is 0 Å². The first kappa shape index (κ1) is 27.2. The summed E-state index contributed by atoms with van der Waals surface area (Å²) in [7, 11) is 0. The zero-order valence-corrected chi connectivity index (χ0v) is 23.4. The lowest BCUT2D eigenvalue weighted by atomic mass is 9.98. The molecule has 3 aromatic carbocycles. The molecule has 212 valence electrons. The van der Waals surface area contributed by atoms with E-state index in [-0.39, 0.29) is 11.6 Å². The number of amides is 1. The number of benzene rings is 3. The zero-order chi connectivity index (χ0) is 28.2. The lowest BCUT2D eigenvalue weighted by Gasteiger charge is -2.26. The van der Waals surface area contributed by atoms with Gasteiger partial charge in [0.2, 0.25) is 0 Å². The Morgan fingerprint density at radius 2 is 1.49 bits per heavy atom. The van der Waals surface area contributed by atoms with Crippen molar-refractivity contribution in [1.82, 2.24) is 9.80 Å². The van der Waals surface area contributed by atoms with Gasteiger partial charge < -0.3 is 15.5 Å². The minimum absolute atomic E-state index is 0.0450. The molecule has 41 heavy (non-hydrogen) atoms. The topological polar surface area (TPSA) is 90.7 Å². The Morgan fingerprint density at radius 1 is 0.829 bits per heavy atom. The van der Waals surface area contributed by atoms with Crippen LogP contribution in [0.15, 0.2) is 66.7 Å². The fraction of sp³-hybridized carbons (Fsp3) is 0.364. The Balaban J connectivity index is 1.30. The first-order valence-electron chi connectivity index (χ1n) is 14.8. The average molecular weight is 552 g/mol. The predicted molar refractivity (Wildman–Crippen MR) is 164 cm³/mol. The summed E-state index contributed by atoms with van der Waals surface area (Å²) in [4.78, 5) is 29.4. The quantitative estimate of drug-likeness (QED) is 0.188. The number of piperidine rings is 1. The fourth-order valence-corrected chi connectivity index (χ4v) is 6.14. The molecule has 0 spiro atoms. The standard InChI is InChI=1S/C33H37N5O3/c39-33-31(29-22-28(38(40)41)14-15-30(29)35-33)32(34-27-12-8-25(9-13-27)23-37-19-4-5-20-37)26-10-6-24(7-11-26)16-21-36-17-2-1-3-18-36/h6-15,22,34H,1-5,16-21,23H2,(H,35,39)/b32-31-. The highest BCUT2D eigenvalue weighted by molar-refractivity contribution is 6.37. The third-order valence-corrected chi connectivity index (χ3v) is 8.44. The second-order valence-electron chi connectivity index (χ2n) is 11.3. The molecule has 0 saturated carbocycles. The van der Waals surface area contributed by atoms with Gasteiger partial charge in [-0.15, -0.1) is 0 Å². The van der Waals surface area contributed by atoms with Crippen molar-refractivity contribution in [3.8, 4) is 0 Å². The van der Waals surface area contributed by atoms with Gasteiger partial charge in [-0.1, -0.05) is 42.8 Å². The van der Waals surface area contributed by atoms with Gasteiger partial charge in [0.1, 0.15) is 0 Å². The summed E-state index contributed by atoms with van der Waals surface area (Å²) in [5.74, 6) is -0.275. The van der Waals surface area contributed by atoms with Crippen molar-refractivity contribution in [2.75, 3.05) is 43.4 Å². The number of nitrogens with one attached hydrogen (secondary N) is 2. The molecule has 3 heterocycles. The summed E-state index contributed by atoms with van der Waals surface area (Å²) >= 11 is 0. The number of anilines is 2. The van der Waals surface area contributed by atoms with Gasteiger partial charge in [0.05, 0.1) is 16.2 Å². The van der Waals surface area contributed by atoms with Gasteiger partial charge in [0.15, 0.2) is 0 Å². The molecule has 3 aromatic rings. The van der Waals surface area contributed by atoms with E-state index in [0.717, 1.165) is 43.9 Å². The molecule has 1 amide bonds. The van der Waals surface area contributed by atoms with E-state index in [9.17, 15) is 14.9 Å². The summed E-state index contributed by atoms with van der Waals surface area (Å²) < 4.78 is 0. The number of nitro benzene ring substituents is 1. The molecule has 2 N–H and O–H groups in total. The number of hydrogen-bond donors (Lipinski definition) is 2. The number of carbonyl (C=O) groups is 1. The summed E-state index contributed by atoms with van der Waals surface area (Å²) in [6.45, 7) is 6.63. The van der Waals surface area contributed by atoms with Crippen molar-refractivity contribution in [2.24, 2.45) is 0 Å². The van der Waals surface area contributed by atoms with Crippen molar-refractivity contribution in [3.05, 3.63) is 99.1 Å². The largest absolute Gasteiger partial charge is 0.354 e. The number of rotatable bonds is 9. The van der Waals surface area contributed by atoms with E-state index in [2.05, 4.69) is 44.7 Å². The lowest BCUT2D eigenvalue weighted by molar-refractivity contribution is -0.384. The molecule has 2 fully saturated rings. The van der Waals surface area contributed by atoms with Crippen molar-refractivity contribution in [2.45, 2.75) is 45.1 Å². The maximum atomic E-state index is 13.3. The molecule has 0 aliphatic carbocycles. The minimum Gasteiger partial charge on any atom is -0.354 e. The third-order valence-electron chi connectivity index (χ3n) is 8.44. The van der Waals surface area contributed by atoms with E-state index in [4.69, 9.17) is 0 Å². The van der Waals surface area contributed by atoms with Crippen LogP contribution in [0.2, 0.25) is 0 Å². The van der Waals surface area contributed by atoms with Crippen LogP contribution in [-0.4, -0.2) is 53.4 Å². The minimum atomic E-state index is -0.427. The molecular formula is C33H37N5O3. The van der Waals surface area contributed by atoms with Crippen LogP contribution in [0.5, 0.6) is 0 Å². The van der Waals surface area contributed by atoms with E-state index in [1.54, 1.807) is 6.07 Å². The highest BCUT2D eigenvalue weighted by atomic mass is 16.6. The fourth-order valence-electron chi connectivity index (χ4n) is 6.14. The van der Waals surface area contributed by atoms with Crippen LogP contribution in [0.1, 0.15) is 54.4 Å². The number of carbonyl (C=O) groups excluding carboxylic acids is 1. The molecule has 0 radical (unpaired) electrons. The Bertz CT molecular complexity index is 1440. The number of fused-ring (bicyclic) bond motifs is 1. The molecule has 8 heteroatoms. The zero-order valence-electron chi connectivity index (χ0n) is 23.4. The number of likely N-dealkylation sites (tertiary alicyclic amines) is 2. The van der Waals surface area contributed by atoms with Gasteiger partial charge in [0.25, 0.3) is 11.6 Å². The van der Waals surface area contributed by atoms with Crippen molar-refractivity contribution < 1.29 is 9.72 Å². The van der Waals surface area contributed by atoms with Crippen LogP contribution >= 0.6 is 0 Å². The Morgan fingerprint density at radius 3 is 2.20 bits per heavy atom. The monoisotopic (exact) mass is 551 g/mol. The second-order valence-corrected chi connectivity index (χ2v) is 11.3. The van der Waals surface area contributed by atoms with Crippen LogP contribution in [-0.2, 0) is 17.8 Å². The smallest absolute Gasteiger partial charge is 0.270 e. The number of non-ortho nitro benzene ring substituents is 1. The highest BCUT2D eigenvalue weighted by Crippen LogP contribution is 2.39. The lowest BCUT2D eigenvalue weighted by Crippen LogP contribution is -2.31. The third kappa shape index (κ3) is 6.34. The normalized spacial score (nSPS) is 18.7. The maximum absolute atomic E-state index is 13.3. The number of hydrogen-bond acceptors (Lipinski definition) is 6. The second kappa shape index (κ2) is 12.2. The molecule has 8 nitrogen and oxygen atoms in total. The van der Waals surface area contributed by atoms with Gasteiger partial charge in [0, 0.05) is 42.2 Å². The molecule has 3 aliphatic heterocycles. The highest BCUT2D eigenvalue weighted by Gasteiger charge is 2.30. The van der Waals surface area contributed by atoms with Gasteiger partial charge in [-0.3, -0.25) is 19.8 Å². The van der Waals surface area contributed by atoms with Crippen LogP contribution in [0.25, 0.3) is 11.3 Å². The Labute approximate surface area is 241 Å². The van der Waals surface area contributed by atoms with E-state index >= 15 is 0 Å². The number of nitro groups is 1. The van der Waals surface area contributed by atoms with E-state index in [0.29, 0.717) is 22.5 Å². The molecule has 3 aliphatic rings. The van der Waals surface area contributed by atoms with Crippen molar-refractivity contribution >= 4 is 34.2 Å². The summed E-state index contributed by atoms with van der Waals surface area (Å²) in [6.07, 6.45) is 7.39. The van der Waals surface area contributed by atoms with Crippen LogP contribution < -0.4 is 10.6 Å². The van der Waals surface area contributed by atoms with Gasteiger partial charge in [-0.2, -0.15) is 0 Å². The van der Waals surface area contributed by atoms with E-state index in [1.165, 1.54) is 68.5 Å². The predicted octanol–water partition coefficient (Wildman–Crippen LogP) is 6.15. The summed E-state index contributed by atoms with van der Waals surface area (Å²) in [6, 6.07) is 21.2. The molecule has 0 aromatic heterocycles. The van der Waals surface area contributed by atoms with Gasteiger partial charge in [-0.05, 0) is 93.2 Å². The van der Waals surface area contributed by atoms with Crippen LogP contribution in [0, 0.1) is 10.1 Å². The van der Waals surface area contributed by atoms with Crippen molar-refractivity contribution in [1.29, 1.82) is 0 Å². The van der Waals surface area contributed by atoms with E-state index < -0.39 is 4.92 Å². The van der Waals surface area contributed by atoms with Crippen LogP contribution in [0.3, 0.4) is 0 Å². The first-order chi connectivity index (χ1) is 20.0. The molecule has 2 saturated heterocycles. The average Bonchev–Trinajstić information content (AvgIpc) is 3.63. The molecular weight excluding hydrogens is 514 g/mol. The summed E-state index contributed by atoms with van der Waals surface area (Å²) in [5, 5.41) is 18.0. The van der Waals surface area contributed by atoms with E-state index in [1.807, 2.05) is 24.3 Å².